The molecule has 1 saturated carbocycles. The van der Waals surface area contributed by atoms with Gasteiger partial charge in [0.2, 0.25) is 0 Å². The van der Waals surface area contributed by atoms with E-state index in [0.717, 1.165) is 25.8 Å². The highest BCUT2D eigenvalue weighted by Crippen LogP contribution is 2.34. The van der Waals surface area contributed by atoms with Gasteiger partial charge in [-0.15, -0.1) is 0 Å². The minimum Gasteiger partial charge on any atom is -0.394 e. The summed E-state index contributed by atoms with van der Waals surface area (Å²) < 4.78 is 0. The molecule has 0 spiro atoms. The summed E-state index contributed by atoms with van der Waals surface area (Å²) in [6, 6.07) is 2.16. The molecule has 72 valence electrons. The first kappa shape index (κ1) is 9.19. The summed E-state index contributed by atoms with van der Waals surface area (Å²) in [6.07, 6.45) is 3.34. The molecule has 1 aromatic heterocycles. The minimum absolute atomic E-state index is 0.0933. The highest BCUT2D eigenvalue weighted by atomic mass is 32.1. The lowest BCUT2D eigenvalue weighted by Gasteiger charge is -2.13. The number of aliphatic hydroxyl groups is 1. The largest absolute Gasteiger partial charge is 0.394 e. The number of rotatable bonds is 5. The molecule has 0 atom stereocenters. The van der Waals surface area contributed by atoms with E-state index in [1.165, 1.54) is 5.56 Å². The SMILES string of the molecule is OCC1(NCCc2ccsc2)CC1. The van der Waals surface area contributed by atoms with E-state index < -0.39 is 0 Å². The van der Waals surface area contributed by atoms with Crippen LogP contribution in [0.4, 0.5) is 0 Å². The molecule has 2 nitrogen and oxygen atoms in total. The van der Waals surface area contributed by atoms with Crippen molar-refractivity contribution in [3.05, 3.63) is 22.4 Å². The van der Waals surface area contributed by atoms with Gasteiger partial charge in [0.1, 0.15) is 0 Å². The van der Waals surface area contributed by atoms with Crippen molar-refractivity contribution < 1.29 is 5.11 Å². The average Bonchev–Trinajstić information content (AvgIpc) is 2.74. The van der Waals surface area contributed by atoms with Crippen LogP contribution in [0.3, 0.4) is 0 Å². The molecule has 0 bridgehead atoms. The molecule has 1 aromatic rings. The maximum absolute atomic E-state index is 9.05. The van der Waals surface area contributed by atoms with E-state index in [1.807, 2.05) is 0 Å². The van der Waals surface area contributed by atoms with Crippen LogP contribution in [0.1, 0.15) is 18.4 Å². The third-order valence-electron chi connectivity index (χ3n) is 2.65. The smallest absolute Gasteiger partial charge is 0.0613 e. The summed E-state index contributed by atoms with van der Waals surface area (Å²) in [7, 11) is 0. The lowest BCUT2D eigenvalue weighted by Crippen LogP contribution is -2.36. The summed E-state index contributed by atoms with van der Waals surface area (Å²) in [6.45, 7) is 1.27. The van der Waals surface area contributed by atoms with E-state index in [9.17, 15) is 0 Å². The molecular formula is C10H15NOS. The number of thiophene rings is 1. The Morgan fingerprint density at radius 1 is 1.54 bits per heavy atom. The van der Waals surface area contributed by atoms with Gasteiger partial charge in [0, 0.05) is 5.54 Å². The lowest BCUT2D eigenvalue weighted by atomic mass is 10.2. The van der Waals surface area contributed by atoms with E-state index in [4.69, 9.17) is 5.11 Å². The predicted octanol–water partition coefficient (Wildman–Crippen LogP) is 1.41. The fourth-order valence-corrected chi connectivity index (χ4v) is 2.15. The molecule has 0 amide bonds. The van der Waals surface area contributed by atoms with Crippen molar-refractivity contribution in [1.29, 1.82) is 0 Å². The van der Waals surface area contributed by atoms with Gasteiger partial charge in [-0.1, -0.05) is 0 Å². The van der Waals surface area contributed by atoms with E-state index in [1.54, 1.807) is 11.3 Å². The van der Waals surface area contributed by atoms with Crippen LogP contribution >= 0.6 is 11.3 Å². The molecule has 1 heterocycles. The number of nitrogens with one attached hydrogen (secondary N) is 1. The molecule has 0 unspecified atom stereocenters. The van der Waals surface area contributed by atoms with Gasteiger partial charge in [0.25, 0.3) is 0 Å². The number of hydrogen-bond acceptors (Lipinski definition) is 3. The second-order valence-corrected chi connectivity index (χ2v) is 4.53. The zero-order valence-corrected chi connectivity index (χ0v) is 8.44. The molecule has 2 rings (SSSR count). The van der Waals surface area contributed by atoms with Crippen molar-refractivity contribution in [1.82, 2.24) is 5.32 Å². The van der Waals surface area contributed by atoms with Crippen molar-refractivity contribution in [3.63, 3.8) is 0 Å². The van der Waals surface area contributed by atoms with E-state index >= 15 is 0 Å². The monoisotopic (exact) mass is 197 g/mol. The molecule has 0 aromatic carbocycles. The van der Waals surface area contributed by atoms with Gasteiger partial charge in [-0.05, 0) is 48.2 Å². The lowest BCUT2D eigenvalue weighted by molar-refractivity contribution is 0.231. The Bertz CT molecular complexity index is 254. The zero-order chi connectivity index (χ0) is 9.15. The van der Waals surface area contributed by atoms with Gasteiger partial charge in [0.05, 0.1) is 6.61 Å². The van der Waals surface area contributed by atoms with Crippen molar-refractivity contribution in [2.45, 2.75) is 24.8 Å². The fraction of sp³-hybridized carbons (Fsp3) is 0.600. The first-order valence-electron chi connectivity index (χ1n) is 4.72. The molecule has 3 heteroatoms. The minimum atomic E-state index is 0.0933. The maximum Gasteiger partial charge on any atom is 0.0613 e. The molecule has 1 aliphatic rings. The van der Waals surface area contributed by atoms with Gasteiger partial charge in [-0.25, -0.2) is 0 Å². The topological polar surface area (TPSA) is 32.3 Å². The van der Waals surface area contributed by atoms with E-state index in [0.29, 0.717) is 0 Å². The molecule has 0 aliphatic heterocycles. The van der Waals surface area contributed by atoms with Crippen LogP contribution in [0.25, 0.3) is 0 Å². The van der Waals surface area contributed by atoms with Crippen molar-refractivity contribution in [3.8, 4) is 0 Å². The van der Waals surface area contributed by atoms with Gasteiger partial charge in [0.15, 0.2) is 0 Å². The summed E-state index contributed by atoms with van der Waals surface area (Å²) in [5, 5.41) is 16.8. The molecule has 0 saturated heterocycles. The Morgan fingerprint density at radius 2 is 2.38 bits per heavy atom. The van der Waals surface area contributed by atoms with Crippen LogP contribution in [0, 0.1) is 0 Å². The summed E-state index contributed by atoms with van der Waals surface area (Å²) in [5.41, 5.74) is 1.49. The van der Waals surface area contributed by atoms with E-state index in [-0.39, 0.29) is 12.1 Å². The average molecular weight is 197 g/mol. The molecular weight excluding hydrogens is 182 g/mol. The van der Waals surface area contributed by atoms with Crippen LogP contribution in [-0.4, -0.2) is 23.8 Å². The van der Waals surface area contributed by atoms with Crippen LogP contribution in [-0.2, 0) is 6.42 Å². The molecule has 1 fully saturated rings. The Kier molecular flexibility index (Phi) is 2.67. The first-order valence-corrected chi connectivity index (χ1v) is 5.66. The van der Waals surface area contributed by atoms with Crippen molar-refractivity contribution >= 4 is 11.3 Å². The third kappa shape index (κ3) is 2.30. The maximum atomic E-state index is 9.05. The van der Waals surface area contributed by atoms with E-state index in [2.05, 4.69) is 22.1 Å². The Balaban J connectivity index is 1.70. The standard InChI is InChI=1S/C10H15NOS/c12-8-10(3-4-10)11-5-1-9-2-6-13-7-9/h2,6-7,11-12H,1,3-5,8H2. The van der Waals surface area contributed by atoms with Crippen LogP contribution in [0.5, 0.6) is 0 Å². The van der Waals surface area contributed by atoms with Crippen molar-refractivity contribution in [2.75, 3.05) is 13.2 Å². The summed E-state index contributed by atoms with van der Waals surface area (Å²) in [5.74, 6) is 0. The normalized spacial score (nSPS) is 18.8. The van der Waals surface area contributed by atoms with Gasteiger partial charge >= 0.3 is 0 Å². The number of hydrogen-bond donors (Lipinski definition) is 2. The molecule has 2 N–H and O–H groups in total. The highest BCUT2D eigenvalue weighted by Gasteiger charge is 2.41. The van der Waals surface area contributed by atoms with Crippen LogP contribution < -0.4 is 5.32 Å². The van der Waals surface area contributed by atoms with Crippen LogP contribution in [0.15, 0.2) is 16.8 Å². The van der Waals surface area contributed by atoms with Crippen molar-refractivity contribution in [2.24, 2.45) is 0 Å². The number of aliphatic hydroxyl groups excluding tert-OH is 1. The molecule has 1 aliphatic carbocycles. The Labute approximate surface area is 82.6 Å². The highest BCUT2D eigenvalue weighted by molar-refractivity contribution is 7.07. The third-order valence-corrected chi connectivity index (χ3v) is 3.38. The van der Waals surface area contributed by atoms with Gasteiger partial charge < -0.3 is 10.4 Å². The van der Waals surface area contributed by atoms with Gasteiger partial charge in [-0.3, -0.25) is 0 Å². The van der Waals surface area contributed by atoms with Gasteiger partial charge in [-0.2, -0.15) is 11.3 Å². The summed E-state index contributed by atoms with van der Waals surface area (Å²) >= 11 is 1.74. The Hall–Kier alpha value is -0.380. The second kappa shape index (κ2) is 3.78. The molecule has 13 heavy (non-hydrogen) atoms. The fourth-order valence-electron chi connectivity index (χ4n) is 1.45. The predicted molar refractivity (Wildman–Crippen MR) is 55.1 cm³/mol. The quantitative estimate of drug-likeness (QED) is 0.748. The first-order chi connectivity index (χ1) is 6.35. The molecule has 0 radical (unpaired) electrons. The summed E-state index contributed by atoms with van der Waals surface area (Å²) in [4.78, 5) is 0. The van der Waals surface area contributed by atoms with Crippen LogP contribution in [0.2, 0.25) is 0 Å². The zero-order valence-electron chi connectivity index (χ0n) is 7.62. The Morgan fingerprint density at radius 3 is 2.92 bits per heavy atom. The second-order valence-electron chi connectivity index (χ2n) is 3.75.